The SMILES string of the molecule is CC1=C(C(=O)O)C(c2cccc([N+](=O)[O-])c2)CC(=O)N1.CC1=C(C(=O)OCOC(=O)C(C)C)C(c2cccc([N+](=O)[O-])c2)CC(=O)N1.CC1=C(C(=O)OCOC(=O)C(C)C)C(c2cccc([N+](=O)[O-])c2)CC(=O)N1.[B]C. The van der Waals surface area contributed by atoms with E-state index in [4.69, 9.17) is 18.9 Å². The Kier molecular flexibility index (Phi) is 22.9. The molecule has 3 amide bonds. The van der Waals surface area contributed by atoms with Crippen LogP contribution in [0.4, 0.5) is 17.1 Å². The minimum atomic E-state index is -1.14. The number of non-ortho nitro benzene ring substituents is 3. The lowest BCUT2D eigenvalue weighted by atomic mass is 9.84. The number of hydrogen-bond acceptors (Lipinski definition) is 18. The lowest BCUT2D eigenvalue weighted by molar-refractivity contribution is -0.385. The fraction of sp³-hybridized carbons (Fsp3) is 0.360. The normalized spacial score (nSPS) is 16.9. The van der Waals surface area contributed by atoms with Crippen LogP contribution in [0.25, 0.3) is 0 Å². The number of nitrogens with one attached hydrogen (secondary N) is 3. The molecule has 26 heteroatoms. The van der Waals surface area contributed by atoms with E-state index >= 15 is 0 Å². The standard InChI is InChI=1S/2C18H20N2O7.C13H12N2O5.CH3B/c2*1-10(2)17(22)26-9-27-18(23)16-11(3)19-15(21)8-14(16)12-5-4-6-13(7-12)20(24)25;1-7-12(13(17)18)10(6-11(16)14-7)8-3-2-4-9(5-8)15(19)20;1-2/h2*4-7,10,14H,8-9H2,1-3H3,(H,19,21);2-5,10H,6H2,1H3,(H,14,16)(H,17,18);1H3. The number of benzene rings is 3. The van der Waals surface area contributed by atoms with Crippen LogP contribution in [-0.4, -0.2) is 88.9 Å². The molecular formula is C50H55BN6O19. The van der Waals surface area contributed by atoms with E-state index in [9.17, 15) is 73.8 Å². The van der Waals surface area contributed by atoms with Crippen LogP contribution in [0.3, 0.4) is 0 Å². The Balaban J connectivity index is 0.000000299. The number of carbonyl (C=O) groups excluding carboxylic acids is 7. The fourth-order valence-electron chi connectivity index (χ4n) is 7.72. The van der Waals surface area contributed by atoms with Gasteiger partial charge < -0.3 is 40.0 Å². The van der Waals surface area contributed by atoms with Gasteiger partial charge in [0.15, 0.2) is 0 Å². The quantitative estimate of drug-likeness (QED) is 0.0439. The summed E-state index contributed by atoms with van der Waals surface area (Å²) in [4.78, 5) is 126. The number of carboxylic acid groups (broad SMARTS) is 1. The highest BCUT2D eigenvalue weighted by molar-refractivity contribution is 6.05. The van der Waals surface area contributed by atoms with Crippen molar-refractivity contribution in [2.24, 2.45) is 11.8 Å². The first-order chi connectivity index (χ1) is 35.8. The summed E-state index contributed by atoms with van der Waals surface area (Å²) in [5, 5.41) is 49.7. The molecule has 0 saturated carbocycles. The van der Waals surface area contributed by atoms with Crippen molar-refractivity contribution in [1.29, 1.82) is 0 Å². The van der Waals surface area contributed by atoms with Crippen LogP contribution in [-0.2, 0) is 57.3 Å². The predicted molar refractivity (Wildman–Crippen MR) is 267 cm³/mol. The van der Waals surface area contributed by atoms with Gasteiger partial charge in [0, 0.05) is 90.5 Å². The van der Waals surface area contributed by atoms with Crippen molar-refractivity contribution in [2.45, 2.75) is 92.3 Å². The van der Waals surface area contributed by atoms with E-state index in [1.807, 2.05) is 0 Å². The molecule has 4 N–H and O–H groups in total. The van der Waals surface area contributed by atoms with Crippen molar-refractivity contribution in [3.63, 3.8) is 0 Å². The number of esters is 4. The van der Waals surface area contributed by atoms with E-state index in [-0.39, 0.29) is 88.3 Å². The average molecular weight is 1050 g/mol. The number of nitrogens with zero attached hydrogens (tertiary/aromatic N) is 3. The van der Waals surface area contributed by atoms with E-state index in [1.54, 1.807) is 45.9 Å². The van der Waals surface area contributed by atoms with Gasteiger partial charge in [-0.25, -0.2) is 14.4 Å². The molecule has 0 saturated heterocycles. The molecule has 3 aromatic rings. The number of amides is 3. The first-order valence-corrected chi connectivity index (χ1v) is 23.0. The number of aliphatic carboxylic acids is 1. The molecule has 0 aliphatic carbocycles. The molecule has 3 aliphatic heterocycles. The zero-order chi connectivity index (χ0) is 57.1. The predicted octanol–water partition coefficient (Wildman–Crippen LogP) is 6.10. The summed E-state index contributed by atoms with van der Waals surface area (Å²) < 4.78 is 19.7. The number of nitro groups is 3. The molecule has 25 nitrogen and oxygen atoms in total. The summed E-state index contributed by atoms with van der Waals surface area (Å²) >= 11 is 0. The zero-order valence-corrected chi connectivity index (χ0v) is 42.6. The van der Waals surface area contributed by atoms with E-state index in [0.29, 0.717) is 28.1 Å². The third-order valence-corrected chi connectivity index (χ3v) is 11.3. The summed E-state index contributed by atoms with van der Waals surface area (Å²) in [6, 6.07) is 17.2. The number of carbonyl (C=O) groups is 8. The molecule has 6 rings (SSSR count). The monoisotopic (exact) mass is 1050 g/mol. The van der Waals surface area contributed by atoms with Crippen molar-refractivity contribution in [3.8, 4) is 0 Å². The number of nitro benzene ring substituents is 3. The Labute approximate surface area is 435 Å². The lowest BCUT2D eigenvalue weighted by Crippen LogP contribution is -2.34. The van der Waals surface area contributed by atoms with Crippen LogP contribution in [0.1, 0.15) is 102 Å². The number of carboxylic acids is 1. The molecule has 2 radical (unpaired) electrons. The molecule has 3 unspecified atom stereocenters. The number of allylic oxidation sites excluding steroid dienone is 3. The van der Waals surface area contributed by atoms with Gasteiger partial charge in [-0.3, -0.25) is 54.3 Å². The van der Waals surface area contributed by atoms with E-state index in [1.165, 1.54) is 82.2 Å². The topological polar surface area (TPSA) is 359 Å². The molecule has 3 aliphatic rings. The summed E-state index contributed by atoms with van der Waals surface area (Å²) in [6.45, 7) is 11.6. The van der Waals surface area contributed by atoms with Crippen LogP contribution in [0.15, 0.2) is 107 Å². The molecular weight excluding hydrogens is 999 g/mol. The second kappa shape index (κ2) is 28.4. The van der Waals surface area contributed by atoms with Gasteiger partial charge in [0.1, 0.15) is 0 Å². The third-order valence-electron chi connectivity index (χ3n) is 11.3. The average Bonchev–Trinajstić information content (AvgIpc) is 3.36. The zero-order valence-electron chi connectivity index (χ0n) is 42.6. The maximum Gasteiger partial charge on any atom is 0.339 e. The van der Waals surface area contributed by atoms with E-state index in [2.05, 4.69) is 23.8 Å². The van der Waals surface area contributed by atoms with Crippen LogP contribution in [0.5, 0.6) is 0 Å². The first-order valence-electron chi connectivity index (χ1n) is 23.0. The smallest absolute Gasteiger partial charge is 0.339 e. The summed E-state index contributed by atoms with van der Waals surface area (Å²) in [6.07, 6.45) is -0.163. The van der Waals surface area contributed by atoms with Gasteiger partial charge in [-0.15, -0.1) is 0 Å². The van der Waals surface area contributed by atoms with Crippen LogP contribution in [0.2, 0.25) is 6.82 Å². The molecule has 3 atom stereocenters. The third kappa shape index (κ3) is 17.0. The number of rotatable bonds is 15. The molecule has 0 aromatic heterocycles. The van der Waals surface area contributed by atoms with Gasteiger partial charge in [-0.05, 0) is 37.5 Å². The largest absolute Gasteiger partial charge is 0.478 e. The second-order valence-electron chi connectivity index (χ2n) is 17.2. The van der Waals surface area contributed by atoms with Crippen molar-refractivity contribution in [3.05, 3.63) is 154 Å². The van der Waals surface area contributed by atoms with Crippen LogP contribution >= 0.6 is 0 Å². The molecule has 402 valence electrons. The van der Waals surface area contributed by atoms with Crippen molar-refractivity contribution < 1.29 is 77.2 Å². The Hall–Kier alpha value is -9.10. The summed E-state index contributed by atoms with van der Waals surface area (Å²) in [5.74, 6) is -7.43. The van der Waals surface area contributed by atoms with Crippen LogP contribution in [0, 0.1) is 42.2 Å². The molecule has 76 heavy (non-hydrogen) atoms. The summed E-state index contributed by atoms with van der Waals surface area (Å²) in [5.41, 5.74) is 2.17. The first kappa shape index (κ1) is 61.2. The highest BCUT2D eigenvalue weighted by atomic mass is 16.7. The highest BCUT2D eigenvalue weighted by Gasteiger charge is 2.36. The number of hydrogen-bond donors (Lipinski definition) is 4. The Morgan fingerprint density at radius 2 is 0.816 bits per heavy atom. The van der Waals surface area contributed by atoms with Gasteiger partial charge in [-0.2, -0.15) is 0 Å². The highest BCUT2D eigenvalue weighted by Crippen LogP contribution is 2.37. The molecule has 3 heterocycles. The number of ether oxygens (including phenoxy) is 4. The van der Waals surface area contributed by atoms with E-state index < -0.39 is 76.0 Å². The Morgan fingerprint density at radius 3 is 1.08 bits per heavy atom. The molecule has 0 fully saturated rings. The molecule has 0 spiro atoms. The van der Waals surface area contributed by atoms with Gasteiger partial charge in [0.05, 0.1) is 51.2 Å². The second-order valence-corrected chi connectivity index (χ2v) is 17.2. The fourth-order valence-corrected chi connectivity index (χ4v) is 7.72. The van der Waals surface area contributed by atoms with Gasteiger partial charge in [-0.1, -0.05) is 70.9 Å². The van der Waals surface area contributed by atoms with E-state index in [0.717, 1.165) is 0 Å². The Bertz CT molecular complexity index is 2740. The van der Waals surface area contributed by atoms with Gasteiger partial charge in [0.25, 0.3) is 17.1 Å². The van der Waals surface area contributed by atoms with Gasteiger partial charge in [0.2, 0.25) is 31.3 Å². The summed E-state index contributed by atoms with van der Waals surface area (Å²) in [7, 11) is 4.50. The minimum Gasteiger partial charge on any atom is -0.478 e. The molecule has 0 bridgehead atoms. The molecule has 3 aromatic carbocycles. The van der Waals surface area contributed by atoms with Crippen molar-refractivity contribution in [2.75, 3.05) is 13.6 Å². The maximum absolute atomic E-state index is 12.5. The van der Waals surface area contributed by atoms with Gasteiger partial charge >= 0.3 is 29.8 Å². The lowest BCUT2D eigenvalue weighted by Gasteiger charge is -2.26. The van der Waals surface area contributed by atoms with Crippen molar-refractivity contribution >= 4 is 72.5 Å². The minimum absolute atomic E-state index is 0.0415. The Morgan fingerprint density at radius 1 is 0.539 bits per heavy atom. The van der Waals surface area contributed by atoms with Crippen LogP contribution < -0.4 is 16.0 Å². The maximum atomic E-state index is 12.5. The van der Waals surface area contributed by atoms with Crippen molar-refractivity contribution in [1.82, 2.24) is 16.0 Å².